The topological polar surface area (TPSA) is 76.1 Å². The summed E-state index contributed by atoms with van der Waals surface area (Å²) in [7, 11) is 1.65. The van der Waals surface area contributed by atoms with E-state index in [0.717, 1.165) is 6.08 Å². The molecule has 6 nitrogen and oxygen atoms in total. The second-order valence-electron chi connectivity index (χ2n) is 4.63. The molecule has 0 radical (unpaired) electrons. The Morgan fingerprint density at radius 3 is 2.86 bits per heavy atom. The molecule has 1 amide bonds. The first-order chi connectivity index (χ1) is 9.93. The van der Waals surface area contributed by atoms with Crippen LogP contribution in [-0.4, -0.2) is 36.7 Å². The number of ether oxygens (including phenoxy) is 2. The molecule has 0 bridgehead atoms. The molecule has 1 aromatic carbocycles. The fourth-order valence-electron chi connectivity index (χ4n) is 2.12. The van der Waals surface area contributed by atoms with Crippen LogP contribution in [0.1, 0.15) is 19.4 Å². The van der Waals surface area contributed by atoms with Gasteiger partial charge in [-0.15, -0.1) is 0 Å². The van der Waals surface area contributed by atoms with Crippen molar-refractivity contribution in [3.05, 3.63) is 23.8 Å². The highest BCUT2D eigenvalue weighted by molar-refractivity contribution is 6.00. The van der Waals surface area contributed by atoms with Crippen LogP contribution < -0.4 is 14.4 Å². The van der Waals surface area contributed by atoms with Crippen LogP contribution in [0.5, 0.6) is 11.5 Å². The molecule has 0 saturated heterocycles. The number of fused-ring (bicyclic) bond motifs is 1. The third-order valence-electron chi connectivity index (χ3n) is 3.11. The van der Waals surface area contributed by atoms with Crippen molar-refractivity contribution in [1.82, 2.24) is 0 Å². The van der Waals surface area contributed by atoms with Gasteiger partial charge in [0.05, 0.1) is 12.3 Å². The van der Waals surface area contributed by atoms with Crippen molar-refractivity contribution in [3.8, 4) is 11.5 Å². The van der Waals surface area contributed by atoms with Crippen LogP contribution in [0.2, 0.25) is 0 Å². The van der Waals surface area contributed by atoms with E-state index in [1.807, 2.05) is 6.92 Å². The van der Waals surface area contributed by atoms with Crippen molar-refractivity contribution < 1.29 is 24.2 Å². The Kier molecular flexibility index (Phi) is 4.16. The maximum atomic E-state index is 12.0. The first-order valence-corrected chi connectivity index (χ1v) is 6.60. The molecule has 1 aliphatic heterocycles. The van der Waals surface area contributed by atoms with Gasteiger partial charge < -0.3 is 19.5 Å². The van der Waals surface area contributed by atoms with Crippen LogP contribution in [0.25, 0.3) is 6.08 Å². The van der Waals surface area contributed by atoms with Gasteiger partial charge in [0, 0.05) is 13.1 Å². The number of likely N-dealkylation sites (N-methyl/N-ethyl adjacent to an activating group) is 1. The van der Waals surface area contributed by atoms with Crippen LogP contribution in [0.3, 0.4) is 0 Å². The zero-order chi connectivity index (χ0) is 15.6. The van der Waals surface area contributed by atoms with Crippen LogP contribution >= 0.6 is 0 Å². The summed E-state index contributed by atoms with van der Waals surface area (Å²) in [5.41, 5.74) is 1.19. The van der Waals surface area contributed by atoms with Gasteiger partial charge in [0.15, 0.2) is 17.6 Å². The van der Waals surface area contributed by atoms with E-state index < -0.39 is 12.1 Å². The van der Waals surface area contributed by atoms with E-state index in [2.05, 4.69) is 0 Å². The van der Waals surface area contributed by atoms with Crippen molar-refractivity contribution in [2.24, 2.45) is 0 Å². The fourth-order valence-corrected chi connectivity index (χ4v) is 2.12. The summed E-state index contributed by atoms with van der Waals surface area (Å²) in [6.07, 6.45) is 1.90. The van der Waals surface area contributed by atoms with Gasteiger partial charge in [-0.25, -0.2) is 4.79 Å². The summed E-state index contributed by atoms with van der Waals surface area (Å²) >= 11 is 0. The number of hydrogen-bond acceptors (Lipinski definition) is 4. The smallest absolute Gasteiger partial charge is 0.328 e. The molecule has 0 saturated carbocycles. The normalized spacial score (nSPS) is 17.6. The number of carboxylic acid groups (broad SMARTS) is 1. The number of amides is 1. The molecule has 0 spiro atoms. The molecule has 1 unspecified atom stereocenters. The maximum absolute atomic E-state index is 12.0. The summed E-state index contributed by atoms with van der Waals surface area (Å²) in [5.74, 6) is -0.213. The molecule has 0 aliphatic carbocycles. The third-order valence-corrected chi connectivity index (χ3v) is 3.11. The minimum atomic E-state index is -1.04. The van der Waals surface area contributed by atoms with Gasteiger partial charge >= 0.3 is 5.97 Å². The van der Waals surface area contributed by atoms with Crippen LogP contribution in [-0.2, 0) is 9.59 Å². The van der Waals surface area contributed by atoms with E-state index in [-0.39, 0.29) is 5.91 Å². The lowest BCUT2D eigenvalue weighted by Crippen LogP contribution is -2.42. The zero-order valence-electron chi connectivity index (χ0n) is 12.1. The first kappa shape index (κ1) is 14.9. The van der Waals surface area contributed by atoms with Crippen molar-refractivity contribution in [1.29, 1.82) is 0 Å². The van der Waals surface area contributed by atoms with E-state index >= 15 is 0 Å². The molecule has 21 heavy (non-hydrogen) atoms. The molecule has 1 atom stereocenters. The SMILES string of the molecule is CCOc1cc(/C=C/C(=O)O)cc2c1OC(C)C(=O)N2C. The van der Waals surface area contributed by atoms with E-state index in [1.165, 1.54) is 11.0 Å². The van der Waals surface area contributed by atoms with Gasteiger partial charge in [-0.1, -0.05) is 0 Å². The molecule has 1 heterocycles. The molecule has 6 heteroatoms. The highest BCUT2D eigenvalue weighted by Gasteiger charge is 2.31. The molecule has 112 valence electrons. The number of anilines is 1. The van der Waals surface area contributed by atoms with E-state index in [1.54, 1.807) is 26.1 Å². The minimum Gasteiger partial charge on any atom is -0.490 e. The van der Waals surface area contributed by atoms with E-state index in [0.29, 0.717) is 29.4 Å². The lowest BCUT2D eigenvalue weighted by Gasteiger charge is -2.31. The average Bonchev–Trinajstić information content (AvgIpc) is 2.44. The highest BCUT2D eigenvalue weighted by Crippen LogP contribution is 2.42. The number of nitrogens with zero attached hydrogens (tertiary/aromatic N) is 1. The second kappa shape index (κ2) is 5.87. The Bertz CT molecular complexity index is 608. The summed E-state index contributed by atoms with van der Waals surface area (Å²) in [4.78, 5) is 24.1. The van der Waals surface area contributed by atoms with Gasteiger partial charge in [-0.3, -0.25) is 4.79 Å². The number of carbonyl (C=O) groups is 2. The molecule has 1 aliphatic rings. The fraction of sp³-hybridized carbons (Fsp3) is 0.333. The predicted molar refractivity (Wildman–Crippen MR) is 77.8 cm³/mol. The van der Waals surface area contributed by atoms with E-state index in [4.69, 9.17) is 14.6 Å². The third kappa shape index (κ3) is 2.99. The van der Waals surface area contributed by atoms with Crippen LogP contribution in [0.4, 0.5) is 5.69 Å². The molecule has 0 aromatic heterocycles. The van der Waals surface area contributed by atoms with Crippen LogP contribution in [0, 0.1) is 0 Å². The van der Waals surface area contributed by atoms with E-state index in [9.17, 15) is 9.59 Å². The van der Waals surface area contributed by atoms with Crippen molar-refractivity contribution >= 4 is 23.6 Å². The van der Waals surface area contributed by atoms with Gasteiger partial charge in [0.2, 0.25) is 0 Å². The Morgan fingerprint density at radius 1 is 1.52 bits per heavy atom. The summed E-state index contributed by atoms with van der Waals surface area (Å²) in [6, 6.07) is 3.39. The van der Waals surface area contributed by atoms with Gasteiger partial charge in [-0.05, 0) is 37.6 Å². The monoisotopic (exact) mass is 291 g/mol. The Balaban J connectivity index is 2.53. The summed E-state index contributed by atoms with van der Waals surface area (Å²) in [5, 5.41) is 8.71. The Hall–Kier alpha value is -2.50. The average molecular weight is 291 g/mol. The number of benzene rings is 1. The molecule has 1 aromatic rings. The van der Waals surface area contributed by atoms with Crippen LogP contribution in [0.15, 0.2) is 18.2 Å². The largest absolute Gasteiger partial charge is 0.490 e. The zero-order valence-corrected chi connectivity index (χ0v) is 12.1. The van der Waals surface area contributed by atoms with Gasteiger partial charge in [0.25, 0.3) is 5.91 Å². The minimum absolute atomic E-state index is 0.163. The maximum Gasteiger partial charge on any atom is 0.328 e. The van der Waals surface area contributed by atoms with Crippen molar-refractivity contribution in [2.75, 3.05) is 18.6 Å². The Labute approximate surface area is 122 Å². The van der Waals surface area contributed by atoms with Gasteiger partial charge in [0.1, 0.15) is 0 Å². The van der Waals surface area contributed by atoms with Crippen molar-refractivity contribution in [3.63, 3.8) is 0 Å². The molecular formula is C15H17NO5. The standard InChI is InChI=1S/C15H17NO5/c1-4-20-12-8-10(5-6-13(17)18)7-11-14(12)21-9(2)15(19)16(11)3/h5-9H,4H2,1-3H3,(H,17,18)/b6-5+. The lowest BCUT2D eigenvalue weighted by atomic mass is 10.1. The molecular weight excluding hydrogens is 274 g/mol. The lowest BCUT2D eigenvalue weighted by molar-refractivity contribution is -0.131. The first-order valence-electron chi connectivity index (χ1n) is 6.60. The highest BCUT2D eigenvalue weighted by atomic mass is 16.5. The molecule has 2 rings (SSSR count). The summed E-state index contributed by atoms with van der Waals surface area (Å²) in [6.45, 7) is 3.96. The summed E-state index contributed by atoms with van der Waals surface area (Å²) < 4.78 is 11.2. The molecule has 1 N–H and O–H groups in total. The number of rotatable bonds is 4. The quantitative estimate of drug-likeness (QED) is 0.858. The number of carboxylic acids is 1. The number of hydrogen-bond donors (Lipinski definition) is 1. The van der Waals surface area contributed by atoms with Crippen molar-refractivity contribution in [2.45, 2.75) is 20.0 Å². The molecule has 0 fully saturated rings. The Morgan fingerprint density at radius 2 is 2.24 bits per heavy atom. The second-order valence-corrected chi connectivity index (χ2v) is 4.63. The number of aliphatic carboxylic acids is 1. The van der Waals surface area contributed by atoms with Gasteiger partial charge in [-0.2, -0.15) is 0 Å². The number of carbonyl (C=O) groups excluding carboxylic acids is 1. The predicted octanol–water partition coefficient (Wildman–Crippen LogP) is 1.93.